The highest BCUT2D eigenvalue weighted by Crippen LogP contribution is 2.21. The molecule has 0 N–H and O–H groups in total. The van der Waals surface area contributed by atoms with Crippen LogP contribution in [0.3, 0.4) is 0 Å². The van der Waals surface area contributed by atoms with Gasteiger partial charge < -0.3 is 9.47 Å². The normalized spacial score (nSPS) is 11.4. The lowest BCUT2D eigenvalue weighted by Gasteiger charge is -2.19. The minimum atomic E-state index is -3.74. The number of ether oxygens (including phenoxy) is 2. The van der Waals surface area contributed by atoms with E-state index in [1.807, 2.05) is 0 Å². The van der Waals surface area contributed by atoms with Crippen LogP contribution < -0.4 is 4.74 Å². The van der Waals surface area contributed by atoms with Crippen LogP contribution in [0.2, 0.25) is 0 Å². The number of esters is 1. The molecule has 0 spiro atoms. The van der Waals surface area contributed by atoms with Gasteiger partial charge in [-0.15, -0.1) is 0 Å². The molecule has 0 saturated carbocycles. The molecule has 2 aromatic carbocycles. The third-order valence-corrected chi connectivity index (χ3v) is 5.79. The Labute approximate surface area is 152 Å². The van der Waals surface area contributed by atoms with E-state index in [9.17, 15) is 17.6 Å². The zero-order valence-electron chi connectivity index (χ0n) is 14.7. The Morgan fingerprint density at radius 2 is 1.81 bits per heavy atom. The van der Waals surface area contributed by atoms with Gasteiger partial charge in [-0.1, -0.05) is 0 Å². The molecule has 0 heterocycles. The third kappa shape index (κ3) is 4.59. The van der Waals surface area contributed by atoms with Crippen molar-refractivity contribution in [3.05, 3.63) is 59.4 Å². The van der Waals surface area contributed by atoms with Gasteiger partial charge in [0, 0.05) is 13.6 Å². The maximum Gasteiger partial charge on any atom is 0.337 e. The van der Waals surface area contributed by atoms with E-state index in [0.717, 1.165) is 4.31 Å². The van der Waals surface area contributed by atoms with Gasteiger partial charge in [-0.2, -0.15) is 4.31 Å². The Kier molecular flexibility index (Phi) is 6.33. The van der Waals surface area contributed by atoms with Crippen molar-refractivity contribution in [1.29, 1.82) is 0 Å². The van der Waals surface area contributed by atoms with E-state index in [1.54, 1.807) is 6.92 Å². The first kappa shape index (κ1) is 19.9. The van der Waals surface area contributed by atoms with Gasteiger partial charge in [0.1, 0.15) is 18.2 Å². The van der Waals surface area contributed by atoms with E-state index in [4.69, 9.17) is 4.74 Å². The Morgan fingerprint density at radius 1 is 1.15 bits per heavy atom. The molecule has 8 heteroatoms. The highest BCUT2D eigenvalue weighted by molar-refractivity contribution is 7.89. The smallest absolute Gasteiger partial charge is 0.337 e. The quantitative estimate of drug-likeness (QED) is 0.690. The van der Waals surface area contributed by atoms with Crippen molar-refractivity contribution in [2.75, 3.05) is 27.3 Å². The van der Waals surface area contributed by atoms with Crippen LogP contribution in [0.5, 0.6) is 5.75 Å². The number of benzene rings is 2. The number of halogens is 1. The number of aryl methyl sites for hydroxylation is 1. The van der Waals surface area contributed by atoms with Gasteiger partial charge in [0.15, 0.2) is 0 Å². The van der Waals surface area contributed by atoms with Crippen LogP contribution in [0.1, 0.15) is 15.9 Å². The number of sulfonamides is 1. The first-order valence-electron chi connectivity index (χ1n) is 7.79. The lowest BCUT2D eigenvalue weighted by Crippen LogP contribution is -2.31. The van der Waals surface area contributed by atoms with Crippen molar-refractivity contribution in [1.82, 2.24) is 4.31 Å². The molecule has 0 aliphatic carbocycles. The number of nitrogens with zero attached hydrogens (tertiary/aromatic N) is 1. The van der Waals surface area contributed by atoms with E-state index in [1.165, 1.54) is 56.6 Å². The first-order chi connectivity index (χ1) is 12.3. The van der Waals surface area contributed by atoms with Crippen LogP contribution in [0.15, 0.2) is 47.4 Å². The van der Waals surface area contributed by atoms with Gasteiger partial charge in [0.2, 0.25) is 10.0 Å². The van der Waals surface area contributed by atoms with Crippen molar-refractivity contribution in [3.8, 4) is 5.75 Å². The summed E-state index contributed by atoms with van der Waals surface area (Å²) in [7, 11) is -1.04. The summed E-state index contributed by atoms with van der Waals surface area (Å²) in [6.45, 7) is 1.83. The fourth-order valence-electron chi connectivity index (χ4n) is 2.29. The molecule has 140 valence electrons. The molecule has 0 atom stereocenters. The van der Waals surface area contributed by atoms with Crippen molar-refractivity contribution < 1.29 is 27.1 Å². The first-order valence-corrected chi connectivity index (χ1v) is 9.23. The van der Waals surface area contributed by atoms with Gasteiger partial charge in [-0.05, 0) is 55.0 Å². The fourth-order valence-corrected chi connectivity index (χ4v) is 3.65. The second-order valence-electron chi connectivity index (χ2n) is 5.60. The van der Waals surface area contributed by atoms with Gasteiger partial charge >= 0.3 is 5.97 Å². The predicted molar refractivity (Wildman–Crippen MR) is 94.2 cm³/mol. The number of carbonyl (C=O) groups is 1. The number of methoxy groups -OCH3 is 1. The van der Waals surface area contributed by atoms with Gasteiger partial charge in [-0.25, -0.2) is 17.6 Å². The van der Waals surface area contributed by atoms with Crippen LogP contribution in [0.25, 0.3) is 0 Å². The van der Waals surface area contributed by atoms with Crippen molar-refractivity contribution in [2.45, 2.75) is 11.8 Å². The predicted octanol–water partition coefficient (Wildman–Crippen LogP) is 2.62. The Hall–Kier alpha value is -2.45. The summed E-state index contributed by atoms with van der Waals surface area (Å²) in [6, 6.07) is 9.74. The molecular weight excluding hydrogens is 361 g/mol. The molecule has 0 aromatic heterocycles. The minimum absolute atomic E-state index is 0.106. The second-order valence-corrected chi connectivity index (χ2v) is 7.61. The van der Waals surface area contributed by atoms with Crippen LogP contribution >= 0.6 is 0 Å². The van der Waals surface area contributed by atoms with Crippen molar-refractivity contribution in [3.63, 3.8) is 0 Å². The fraction of sp³-hybridized carbons (Fsp3) is 0.278. The Morgan fingerprint density at radius 3 is 2.38 bits per heavy atom. The van der Waals surface area contributed by atoms with Crippen molar-refractivity contribution >= 4 is 16.0 Å². The summed E-state index contributed by atoms with van der Waals surface area (Å²) in [4.78, 5) is 11.6. The lowest BCUT2D eigenvalue weighted by atomic mass is 10.1. The van der Waals surface area contributed by atoms with E-state index in [2.05, 4.69) is 4.74 Å². The number of hydrogen-bond acceptors (Lipinski definition) is 5. The SMILES string of the molecule is COC(=O)c1ccc(S(=O)(=O)N(C)CCOc2ccc(F)cc2)c(C)c1. The maximum absolute atomic E-state index is 12.8. The number of hydrogen-bond donors (Lipinski definition) is 0. The molecular formula is C18H20FNO5S. The average molecular weight is 381 g/mol. The highest BCUT2D eigenvalue weighted by atomic mass is 32.2. The number of rotatable bonds is 7. The molecule has 0 unspecified atom stereocenters. The number of likely N-dealkylation sites (N-methyl/N-ethyl adjacent to an activating group) is 1. The third-order valence-electron chi connectivity index (χ3n) is 3.77. The van der Waals surface area contributed by atoms with Gasteiger partial charge in [-0.3, -0.25) is 0 Å². The van der Waals surface area contributed by atoms with Crippen LogP contribution in [0.4, 0.5) is 4.39 Å². The molecule has 0 fully saturated rings. The van der Waals surface area contributed by atoms with E-state index < -0.39 is 16.0 Å². The van der Waals surface area contributed by atoms with Crippen LogP contribution in [0, 0.1) is 12.7 Å². The number of carbonyl (C=O) groups excluding carboxylic acids is 1. The Bertz CT molecular complexity index is 881. The van der Waals surface area contributed by atoms with Crippen molar-refractivity contribution in [2.24, 2.45) is 0 Å². The summed E-state index contributed by atoms with van der Waals surface area (Å²) in [6.07, 6.45) is 0. The topological polar surface area (TPSA) is 72.9 Å². The highest BCUT2D eigenvalue weighted by Gasteiger charge is 2.23. The molecule has 0 amide bonds. The van der Waals surface area contributed by atoms with E-state index >= 15 is 0 Å². The zero-order valence-corrected chi connectivity index (χ0v) is 15.5. The van der Waals surface area contributed by atoms with Crippen LogP contribution in [-0.2, 0) is 14.8 Å². The summed E-state index contributed by atoms with van der Waals surface area (Å²) < 4.78 is 49.5. The summed E-state index contributed by atoms with van der Waals surface area (Å²) in [5.74, 6) is -0.447. The second kappa shape index (κ2) is 8.29. The minimum Gasteiger partial charge on any atom is -0.492 e. The summed E-state index contributed by atoms with van der Waals surface area (Å²) in [5.41, 5.74) is 0.727. The van der Waals surface area contributed by atoms with Gasteiger partial charge in [0.05, 0.1) is 17.6 Å². The van der Waals surface area contributed by atoms with Gasteiger partial charge in [0.25, 0.3) is 0 Å². The average Bonchev–Trinajstić information content (AvgIpc) is 2.62. The molecule has 0 bridgehead atoms. The Balaban J connectivity index is 2.06. The molecule has 2 rings (SSSR count). The molecule has 26 heavy (non-hydrogen) atoms. The summed E-state index contributed by atoms with van der Waals surface area (Å²) >= 11 is 0. The van der Waals surface area contributed by atoms with E-state index in [-0.39, 0.29) is 29.4 Å². The monoisotopic (exact) mass is 381 g/mol. The molecule has 2 aromatic rings. The largest absolute Gasteiger partial charge is 0.492 e. The van der Waals surface area contributed by atoms with Crippen LogP contribution in [-0.4, -0.2) is 46.0 Å². The maximum atomic E-state index is 12.8. The zero-order chi connectivity index (χ0) is 19.3. The standard InChI is InChI=1S/C18H20FNO5S/c1-13-12-14(18(21)24-3)4-9-17(13)26(22,23)20(2)10-11-25-16-7-5-15(19)6-8-16/h4-9,12H,10-11H2,1-3H3. The lowest BCUT2D eigenvalue weighted by molar-refractivity contribution is 0.0600. The molecule has 0 radical (unpaired) electrons. The van der Waals surface area contributed by atoms with E-state index in [0.29, 0.717) is 11.3 Å². The molecule has 6 nitrogen and oxygen atoms in total. The molecule has 0 saturated heterocycles. The molecule has 0 aliphatic rings. The summed E-state index contributed by atoms with van der Waals surface area (Å²) in [5, 5.41) is 0. The molecule has 0 aliphatic heterocycles.